The molecule has 5 heterocycles. The number of ether oxygens (including phenoxy) is 3. The molecule has 0 radical (unpaired) electrons. The summed E-state index contributed by atoms with van der Waals surface area (Å²) in [6.07, 6.45) is 2.18. The summed E-state index contributed by atoms with van der Waals surface area (Å²) in [5.74, 6) is 0.00989. The first-order chi connectivity index (χ1) is 28.2. The van der Waals surface area contributed by atoms with Gasteiger partial charge in [-0.1, -0.05) is 0 Å². The Bertz CT molecular complexity index is 2320. The van der Waals surface area contributed by atoms with E-state index in [-0.39, 0.29) is 49.7 Å². The molecule has 59 heavy (non-hydrogen) atoms. The molecule has 2 unspecified atom stereocenters. The monoisotopic (exact) mass is 835 g/mol. The van der Waals surface area contributed by atoms with Crippen LogP contribution in [-0.2, 0) is 46.2 Å². The average molecular weight is 836 g/mol. The van der Waals surface area contributed by atoms with Crippen molar-refractivity contribution in [2.24, 2.45) is 7.05 Å². The molecule has 0 spiro atoms. The number of rotatable bonds is 14. The highest BCUT2D eigenvalue weighted by atomic mass is 32.2. The number of nitrogens with one attached hydrogen (secondary N) is 3. The molecule has 4 N–H and O–H groups in total. The fraction of sp³-hybridized carbons (Fsp3) is 0.475. The zero-order valence-electron chi connectivity index (χ0n) is 33.4. The zero-order valence-corrected chi connectivity index (χ0v) is 34.2. The van der Waals surface area contributed by atoms with Gasteiger partial charge in [0.25, 0.3) is 11.5 Å². The molecule has 2 saturated heterocycles. The summed E-state index contributed by atoms with van der Waals surface area (Å²) in [5.41, 5.74) is 4.25. The number of imide groups is 1. The lowest BCUT2D eigenvalue weighted by molar-refractivity contribution is -0.139. The summed E-state index contributed by atoms with van der Waals surface area (Å²) >= 11 is 0. The van der Waals surface area contributed by atoms with E-state index in [2.05, 4.69) is 15.4 Å². The predicted octanol–water partition coefficient (Wildman–Crippen LogP) is 0.982. The van der Waals surface area contributed by atoms with Gasteiger partial charge in [0, 0.05) is 81.7 Å². The van der Waals surface area contributed by atoms with Gasteiger partial charge in [0.05, 0.1) is 32.9 Å². The summed E-state index contributed by atoms with van der Waals surface area (Å²) in [6.45, 7) is 2.18. The summed E-state index contributed by atoms with van der Waals surface area (Å²) in [4.78, 5) is 67.1. The number of aliphatic hydroxyl groups is 1. The van der Waals surface area contributed by atoms with Crippen molar-refractivity contribution in [3.05, 3.63) is 74.7 Å². The Morgan fingerprint density at radius 3 is 2.39 bits per heavy atom. The van der Waals surface area contributed by atoms with E-state index < -0.39 is 45.3 Å². The second-order valence-electron chi connectivity index (χ2n) is 15.1. The molecule has 0 aliphatic carbocycles. The van der Waals surface area contributed by atoms with Crippen molar-refractivity contribution < 1.29 is 46.9 Å². The Kier molecular flexibility index (Phi) is 12.0. The normalized spacial score (nSPS) is 19.5. The van der Waals surface area contributed by atoms with Gasteiger partial charge >= 0.3 is 6.03 Å². The molecule has 3 aromatic rings. The number of hydrogen-bond donors (Lipinski definition) is 4. The van der Waals surface area contributed by atoms with Crippen LogP contribution in [0.15, 0.2) is 41.3 Å². The molecule has 4 aliphatic heterocycles. The highest BCUT2D eigenvalue weighted by Gasteiger charge is 2.44. The molecule has 1 aromatic heterocycles. The number of likely N-dealkylation sites (tertiary alicyclic amines) is 1. The van der Waals surface area contributed by atoms with Crippen molar-refractivity contribution >= 4 is 33.8 Å². The number of unbranched alkanes of at least 4 members (excludes halogenated alkanes) is 1. The van der Waals surface area contributed by atoms with Crippen molar-refractivity contribution in [1.82, 2.24) is 34.6 Å². The largest absolute Gasteiger partial charge is 0.496 e. The third-order valence-electron chi connectivity index (χ3n) is 11.5. The van der Waals surface area contributed by atoms with Crippen LogP contribution < -0.4 is 35.1 Å². The summed E-state index contributed by atoms with van der Waals surface area (Å²) in [7, 11) is 2.78. The minimum atomic E-state index is -3.59. The van der Waals surface area contributed by atoms with Crippen LogP contribution in [0, 0.1) is 0 Å². The Labute approximate surface area is 341 Å². The van der Waals surface area contributed by atoms with E-state index in [1.54, 1.807) is 51.5 Å². The Balaban J connectivity index is 0.898. The lowest BCUT2D eigenvalue weighted by Gasteiger charge is -2.39. The van der Waals surface area contributed by atoms with Crippen molar-refractivity contribution in [3.63, 3.8) is 0 Å². The molecule has 316 valence electrons. The number of aryl methyl sites for hydroxylation is 1. The second kappa shape index (κ2) is 17.0. The van der Waals surface area contributed by atoms with Crippen LogP contribution in [0.25, 0.3) is 11.1 Å². The van der Waals surface area contributed by atoms with Crippen LogP contribution in [0.2, 0.25) is 0 Å². The molecule has 5 amide bonds. The van der Waals surface area contributed by atoms with Crippen LogP contribution in [0.4, 0.5) is 4.79 Å². The van der Waals surface area contributed by atoms with E-state index in [1.807, 2.05) is 17.0 Å². The molecule has 7 rings (SSSR count). The van der Waals surface area contributed by atoms with Gasteiger partial charge in [-0.15, -0.1) is 0 Å². The van der Waals surface area contributed by atoms with Crippen molar-refractivity contribution in [1.29, 1.82) is 0 Å². The van der Waals surface area contributed by atoms with Crippen molar-refractivity contribution in [3.8, 4) is 28.4 Å². The third kappa shape index (κ3) is 8.24. The van der Waals surface area contributed by atoms with Gasteiger partial charge in [-0.25, -0.2) is 17.9 Å². The van der Waals surface area contributed by atoms with Crippen LogP contribution in [0.3, 0.4) is 0 Å². The molecular formula is C40H49N7O11S. The van der Waals surface area contributed by atoms with Gasteiger partial charge < -0.3 is 34.1 Å². The minimum absolute atomic E-state index is 0.0715. The molecular weight excluding hydrogens is 787 g/mol. The maximum absolute atomic E-state index is 13.1. The fourth-order valence-electron chi connectivity index (χ4n) is 8.19. The summed E-state index contributed by atoms with van der Waals surface area (Å²) < 4.78 is 48.0. The predicted molar refractivity (Wildman–Crippen MR) is 213 cm³/mol. The number of amides is 5. The molecule has 18 nitrogen and oxygen atoms in total. The first-order valence-corrected chi connectivity index (χ1v) is 21.0. The Morgan fingerprint density at radius 1 is 0.983 bits per heavy atom. The topological polar surface area (TPSA) is 218 Å². The number of pyridine rings is 1. The van der Waals surface area contributed by atoms with E-state index in [1.165, 1.54) is 10.6 Å². The number of carbonyl (C=O) groups excluding carboxylic acids is 4. The van der Waals surface area contributed by atoms with Gasteiger partial charge in [0.2, 0.25) is 21.8 Å². The summed E-state index contributed by atoms with van der Waals surface area (Å²) in [6, 6.07) is 7.29. The van der Waals surface area contributed by atoms with E-state index in [0.717, 1.165) is 27.2 Å². The van der Waals surface area contributed by atoms with E-state index in [0.29, 0.717) is 73.8 Å². The smallest absolute Gasteiger partial charge is 0.317 e. The van der Waals surface area contributed by atoms with Gasteiger partial charge in [0.1, 0.15) is 28.5 Å². The first-order valence-electron chi connectivity index (χ1n) is 19.5. The van der Waals surface area contributed by atoms with Crippen molar-refractivity contribution in [2.45, 2.75) is 62.7 Å². The molecule has 2 aromatic carbocycles. The minimum Gasteiger partial charge on any atom is -0.496 e. The highest BCUT2D eigenvalue weighted by molar-refractivity contribution is 7.90. The lowest BCUT2D eigenvalue weighted by Crippen LogP contribution is -2.57. The van der Waals surface area contributed by atoms with Crippen LogP contribution in [0.1, 0.15) is 64.5 Å². The molecule has 2 atom stereocenters. The number of benzene rings is 2. The van der Waals surface area contributed by atoms with Crippen LogP contribution >= 0.6 is 0 Å². The van der Waals surface area contributed by atoms with Crippen LogP contribution in [-0.4, -0.2) is 122 Å². The third-order valence-corrected chi connectivity index (χ3v) is 13.2. The molecule has 0 bridgehead atoms. The highest BCUT2D eigenvalue weighted by Crippen LogP contribution is 2.40. The summed E-state index contributed by atoms with van der Waals surface area (Å²) in [5, 5.41) is 15.2. The maximum atomic E-state index is 13.1. The van der Waals surface area contributed by atoms with E-state index in [9.17, 15) is 37.5 Å². The van der Waals surface area contributed by atoms with Gasteiger partial charge in [-0.05, 0) is 67.1 Å². The number of nitrogens with zero attached hydrogens (tertiary/aromatic N) is 4. The fourth-order valence-corrected chi connectivity index (χ4v) is 9.67. The number of urea groups is 1. The first kappa shape index (κ1) is 41.7. The Hall–Kier alpha value is -5.50. The Morgan fingerprint density at radius 2 is 1.71 bits per heavy atom. The number of carbonyl (C=O) groups is 4. The number of methoxy groups -OCH3 is 2. The number of sulfonamides is 1. The van der Waals surface area contributed by atoms with Crippen LogP contribution in [0.5, 0.6) is 17.2 Å². The maximum Gasteiger partial charge on any atom is 0.317 e. The quantitative estimate of drug-likeness (QED) is 0.132. The number of aliphatic hydroxyl groups excluding tert-OH is 1. The number of fused-ring (bicyclic) bond motifs is 2. The number of aromatic nitrogens is 1. The lowest BCUT2D eigenvalue weighted by atomic mass is 9.91. The second-order valence-corrected chi connectivity index (χ2v) is 17.2. The van der Waals surface area contributed by atoms with E-state index >= 15 is 0 Å². The van der Waals surface area contributed by atoms with Gasteiger partial charge in [-0.2, -0.15) is 0 Å². The molecule has 19 heteroatoms. The molecule has 0 saturated carbocycles. The average Bonchev–Trinajstić information content (AvgIpc) is 3.45. The van der Waals surface area contributed by atoms with Crippen molar-refractivity contribution in [2.75, 3.05) is 54.1 Å². The molecule has 2 fully saturated rings. The SMILES string of the molecule is CNC(=O)N1CCc2c(-c3cc(OC)c(CN4CC(S(=O)(=O)NCCCCOc5ccc6c(c5)C(O)N(C5CCC(=O)NC5=O)C6=O)C4)c(OC)c3)cn(C)c(=O)c2C1. The standard InChI is InChI=1S/C40H49N7O11S/c1-41-40(53)46-13-11-26-29(20-44(2)37(50)30(26)22-46)23-15-33(56-3)31(34(16-23)57-4)21-45-18-25(19-45)59(54,55)42-12-5-6-14-58-24-7-8-27-28(17-24)39(52)47(38(27)51)32-9-10-35(48)43-36(32)49/h7-8,15-17,20,25,32,39,42,52H,5-6,9-14,18-19,21-22H2,1-4H3,(H,41,53)(H,43,48,49). The van der Waals surface area contributed by atoms with Gasteiger partial charge in [-0.3, -0.25) is 34.3 Å². The molecule has 4 aliphatic rings. The van der Waals surface area contributed by atoms with Gasteiger partial charge in [0.15, 0.2) is 6.23 Å². The number of piperidine rings is 1. The zero-order chi connectivity index (χ0) is 42.2. The number of hydrogen-bond acceptors (Lipinski definition) is 12. The van der Waals surface area contributed by atoms with E-state index in [4.69, 9.17) is 14.2 Å².